The zero-order valence-corrected chi connectivity index (χ0v) is 15.1. The van der Waals surface area contributed by atoms with E-state index in [9.17, 15) is 14.9 Å². The number of nitrogens with zero attached hydrogens (tertiary/aromatic N) is 5. The topological polar surface area (TPSA) is 107 Å². The fourth-order valence-corrected chi connectivity index (χ4v) is 2.71. The molecule has 0 saturated heterocycles. The average Bonchev–Trinajstić information content (AvgIpc) is 2.86. The van der Waals surface area contributed by atoms with Crippen LogP contribution in [0.3, 0.4) is 0 Å². The third-order valence-corrected chi connectivity index (χ3v) is 4.25. The molecular formula is C16H22N6O3. The van der Waals surface area contributed by atoms with Crippen molar-refractivity contribution in [1.82, 2.24) is 18.9 Å². The highest BCUT2D eigenvalue weighted by atomic mass is 16.5. The number of rotatable bonds is 6. The fraction of sp³-hybridized carbons (Fsp3) is 0.500. The van der Waals surface area contributed by atoms with Gasteiger partial charge in [0.1, 0.15) is 11.9 Å². The number of hydrogen-bond acceptors (Lipinski definition) is 6. The van der Waals surface area contributed by atoms with Gasteiger partial charge >= 0.3 is 5.69 Å². The van der Waals surface area contributed by atoms with Crippen molar-refractivity contribution in [3.8, 4) is 6.07 Å². The van der Waals surface area contributed by atoms with Crippen LogP contribution in [-0.2, 0) is 31.9 Å². The number of ether oxygens (including phenoxy) is 1. The molecule has 9 heteroatoms. The SMILES string of the molecule is COCCn1nc(C)c(CNc2c(C#N)c(=O)n(C)c(=O)n2C)c1C. The van der Waals surface area contributed by atoms with E-state index in [1.54, 1.807) is 7.11 Å². The van der Waals surface area contributed by atoms with E-state index in [-0.39, 0.29) is 11.4 Å². The Hall–Kier alpha value is -2.86. The number of nitriles is 1. The van der Waals surface area contributed by atoms with Crippen LogP contribution in [0.2, 0.25) is 0 Å². The monoisotopic (exact) mass is 346 g/mol. The second-order valence-electron chi connectivity index (χ2n) is 5.76. The Morgan fingerprint density at radius 1 is 1.24 bits per heavy atom. The van der Waals surface area contributed by atoms with Crippen molar-refractivity contribution in [2.75, 3.05) is 19.0 Å². The highest BCUT2D eigenvalue weighted by Gasteiger charge is 2.17. The fourth-order valence-electron chi connectivity index (χ4n) is 2.71. The quantitative estimate of drug-likeness (QED) is 0.791. The van der Waals surface area contributed by atoms with Crippen molar-refractivity contribution < 1.29 is 4.74 Å². The summed E-state index contributed by atoms with van der Waals surface area (Å²) >= 11 is 0. The van der Waals surface area contributed by atoms with Crippen LogP contribution in [0.25, 0.3) is 0 Å². The van der Waals surface area contributed by atoms with Gasteiger partial charge in [-0.3, -0.25) is 18.6 Å². The number of aromatic nitrogens is 4. The van der Waals surface area contributed by atoms with E-state index >= 15 is 0 Å². The molecule has 0 bridgehead atoms. The van der Waals surface area contributed by atoms with Crippen molar-refractivity contribution in [3.05, 3.63) is 43.4 Å². The first kappa shape index (κ1) is 18.5. The van der Waals surface area contributed by atoms with E-state index in [1.807, 2.05) is 24.6 Å². The zero-order chi connectivity index (χ0) is 18.7. The Labute approximate surface area is 145 Å². The summed E-state index contributed by atoms with van der Waals surface area (Å²) in [4.78, 5) is 24.2. The minimum atomic E-state index is -0.614. The number of methoxy groups -OCH3 is 1. The molecule has 2 aromatic rings. The predicted molar refractivity (Wildman–Crippen MR) is 92.5 cm³/mol. The lowest BCUT2D eigenvalue weighted by Gasteiger charge is -2.14. The van der Waals surface area contributed by atoms with Crippen LogP contribution < -0.4 is 16.6 Å². The van der Waals surface area contributed by atoms with Gasteiger partial charge in [-0.15, -0.1) is 0 Å². The molecule has 9 nitrogen and oxygen atoms in total. The maximum atomic E-state index is 12.1. The zero-order valence-electron chi connectivity index (χ0n) is 15.1. The summed E-state index contributed by atoms with van der Waals surface area (Å²) < 4.78 is 9.11. The van der Waals surface area contributed by atoms with Gasteiger partial charge in [0.2, 0.25) is 0 Å². The molecule has 0 unspecified atom stereocenters. The smallest absolute Gasteiger partial charge is 0.332 e. The molecule has 0 fully saturated rings. The summed E-state index contributed by atoms with van der Waals surface area (Å²) in [6.45, 7) is 5.37. The molecule has 0 saturated carbocycles. The predicted octanol–water partition coefficient (Wildman–Crippen LogP) is 0.0275. The van der Waals surface area contributed by atoms with Crippen LogP contribution in [0.15, 0.2) is 9.59 Å². The van der Waals surface area contributed by atoms with Gasteiger partial charge in [0.05, 0.1) is 18.8 Å². The molecule has 25 heavy (non-hydrogen) atoms. The van der Waals surface area contributed by atoms with Gasteiger partial charge in [0.15, 0.2) is 5.56 Å². The van der Waals surface area contributed by atoms with Gasteiger partial charge in [-0.25, -0.2) is 4.79 Å². The third-order valence-electron chi connectivity index (χ3n) is 4.25. The Balaban J connectivity index is 2.38. The first-order valence-electron chi connectivity index (χ1n) is 7.79. The summed E-state index contributed by atoms with van der Waals surface area (Å²) in [6, 6.07) is 1.88. The van der Waals surface area contributed by atoms with Crippen LogP contribution >= 0.6 is 0 Å². The lowest BCUT2D eigenvalue weighted by atomic mass is 10.2. The molecule has 0 aromatic carbocycles. The van der Waals surface area contributed by atoms with Crippen LogP contribution in [0.1, 0.15) is 22.5 Å². The van der Waals surface area contributed by atoms with Crippen LogP contribution in [0.4, 0.5) is 5.82 Å². The lowest BCUT2D eigenvalue weighted by Crippen LogP contribution is -2.39. The Morgan fingerprint density at radius 2 is 1.92 bits per heavy atom. The molecule has 0 radical (unpaired) electrons. The summed E-state index contributed by atoms with van der Waals surface area (Å²) in [7, 11) is 4.50. The molecule has 0 spiro atoms. The molecule has 2 aromatic heterocycles. The van der Waals surface area contributed by atoms with Gasteiger partial charge in [0.25, 0.3) is 5.56 Å². The molecule has 134 valence electrons. The van der Waals surface area contributed by atoms with Gasteiger partial charge in [0, 0.05) is 39.0 Å². The van der Waals surface area contributed by atoms with E-state index in [1.165, 1.54) is 18.7 Å². The first-order chi connectivity index (χ1) is 11.8. The Bertz CT molecular complexity index is 945. The number of hydrogen-bond donors (Lipinski definition) is 1. The van der Waals surface area contributed by atoms with Gasteiger partial charge < -0.3 is 10.1 Å². The molecule has 1 N–H and O–H groups in total. The Kier molecular flexibility index (Phi) is 5.44. The van der Waals surface area contributed by atoms with Gasteiger partial charge in [-0.05, 0) is 13.8 Å². The third kappa shape index (κ3) is 3.34. The molecule has 0 aliphatic rings. The van der Waals surface area contributed by atoms with Crippen molar-refractivity contribution in [2.45, 2.75) is 26.9 Å². The van der Waals surface area contributed by atoms with Crippen LogP contribution in [0, 0.1) is 25.2 Å². The van der Waals surface area contributed by atoms with Crippen molar-refractivity contribution in [1.29, 1.82) is 5.26 Å². The maximum Gasteiger partial charge on any atom is 0.332 e. The van der Waals surface area contributed by atoms with E-state index in [0.29, 0.717) is 19.7 Å². The number of nitrogens with one attached hydrogen (secondary N) is 1. The maximum absolute atomic E-state index is 12.1. The molecule has 2 rings (SSSR count). The molecule has 0 atom stereocenters. The molecular weight excluding hydrogens is 324 g/mol. The second kappa shape index (κ2) is 7.36. The molecule has 0 amide bonds. The Morgan fingerprint density at radius 3 is 2.52 bits per heavy atom. The van der Waals surface area contributed by atoms with E-state index in [4.69, 9.17) is 4.74 Å². The van der Waals surface area contributed by atoms with Gasteiger partial charge in [-0.2, -0.15) is 10.4 Å². The normalized spacial score (nSPS) is 10.7. The second-order valence-corrected chi connectivity index (χ2v) is 5.76. The first-order valence-corrected chi connectivity index (χ1v) is 7.79. The minimum Gasteiger partial charge on any atom is -0.383 e. The molecule has 2 heterocycles. The molecule has 0 aliphatic heterocycles. The van der Waals surface area contributed by atoms with Crippen LogP contribution in [0.5, 0.6) is 0 Å². The van der Waals surface area contributed by atoms with Crippen molar-refractivity contribution in [2.24, 2.45) is 14.1 Å². The highest BCUT2D eigenvalue weighted by Crippen LogP contribution is 2.16. The minimum absolute atomic E-state index is 0.0910. The van der Waals surface area contributed by atoms with Crippen LogP contribution in [-0.4, -0.2) is 32.6 Å². The number of anilines is 1. The van der Waals surface area contributed by atoms with E-state index < -0.39 is 11.2 Å². The summed E-state index contributed by atoms with van der Waals surface area (Å²) in [5.41, 5.74) is 1.57. The lowest BCUT2D eigenvalue weighted by molar-refractivity contribution is 0.182. The molecule has 0 aliphatic carbocycles. The van der Waals surface area contributed by atoms with Crippen molar-refractivity contribution in [3.63, 3.8) is 0 Å². The standard InChI is InChI=1S/C16H22N6O3/c1-10-13(11(2)22(19-10)6-7-25-5)9-18-14-12(8-17)15(23)21(4)16(24)20(14)3/h18H,6-7,9H2,1-5H3. The average molecular weight is 346 g/mol. The summed E-state index contributed by atoms with van der Waals surface area (Å²) in [6.07, 6.45) is 0. The van der Waals surface area contributed by atoms with Crippen molar-refractivity contribution >= 4 is 5.82 Å². The van der Waals surface area contributed by atoms with E-state index in [2.05, 4.69) is 10.4 Å². The van der Waals surface area contributed by atoms with Gasteiger partial charge in [-0.1, -0.05) is 0 Å². The van der Waals surface area contributed by atoms with E-state index in [0.717, 1.165) is 21.5 Å². The largest absolute Gasteiger partial charge is 0.383 e. The highest BCUT2D eigenvalue weighted by molar-refractivity contribution is 5.51. The summed E-state index contributed by atoms with van der Waals surface area (Å²) in [5.74, 6) is 0.207. The number of aryl methyl sites for hydroxylation is 1. The summed E-state index contributed by atoms with van der Waals surface area (Å²) in [5, 5.41) is 16.8.